The maximum Gasteiger partial charge on any atom is 0.336 e. The van der Waals surface area contributed by atoms with E-state index < -0.39 is 5.63 Å². The minimum absolute atomic E-state index is 0.306. The third-order valence-electron chi connectivity index (χ3n) is 5.10. The number of nitrogens with one attached hydrogen (secondary N) is 1. The van der Waals surface area contributed by atoms with Crippen molar-refractivity contribution in [3.8, 4) is 5.69 Å². The molecule has 0 aliphatic heterocycles. The molecule has 1 aliphatic carbocycles. The van der Waals surface area contributed by atoms with Crippen LogP contribution in [-0.2, 0) is 12.8 Å². The lowest BCUT2D eigenvalue weighted by Gasteiger charge is -2.07. The fourth-order valence-electron chi connectivity index (χ4n) is 3.78. The highest BCUT2D eigenvalue weighted by molar-refractivity contribution is 6.05. The Labute approximate surface area is 164 Å². The minimum Gasteiger partial charge on any atom is -0.423 e. The lowest BCUT2D eigenvalue weighted by atomic mass is 10.1. The molecule has 0 fully saturated rings. The van der Waals surface area contributed by atoms with E-state index in [1.807, 2.05) is 0 Å². The quantitative estimate of drug-likeness (QED) is 0.540. The molecule has 2 aromatic carbocycles. The summed E-state index contributed by atoms with van der Waals surface area (Å²) < 4.78 is 20.9. The van der Waals surface area contributed by atoms with E-state index in [0.29, 0.717) is 28.0 Å². The van der Waals surface area contributed by atoms with E-state index in [-0.39, 0.29) is 11.7 Å². The van der Waals surface area contributed by atoms with E-state index in [4.69, 9.17) is 4.42 Å². The topological polar surface area (TPSA) is 77.1 Å². The second-order valence-electron chi connectivity index (χ2n) is 6.95. The molecule has 4 aromatic rings. The van der Waals surface area contributed by atoms with Crippen molar-refractivity contribution in [1.82, 2.24) is 9.78 Å². The van der Waals surface area contributed by atoms with E-state index >= 15 is 0 Å². The van der Waals surface area contributed by atoms with Crippen molar-refractivity contribution >= 4 is 22.6 Å². The van der Waals surface area contributed by atoms with Crippen LogP contribution in [0.3, 0.4) is 0 Å². The van der Waals surface area contributed by atoms with Crippen LogP contribution in [-0.4, -0.2) is 15.7 Å². The van der Waals surface area contributed by atoms with Crippen molar-refractivity contribution in [2.24, 2.45) is 0 Å². The summed E-state index contributed by atoms with van der Waals surface area (Å²) in [5.74, 6) is -0.734. The second kappa shape index (κ2) is 6.70. The molecule has 0 radical (unpaired) electrons. The Kier molecular flexibility index (Phi) is 4.01. The molecule has 0 saturated carbocycles. The summed E-state index contributed by atoms with van der Waals surface area (Å²) in [7, 11) is 0. The van der Waals surface area contributed by atoms with Crippen molar-refractivity contribution in [1.29, 1.82) is 0 Å². The van der Waals surface area contributed by atoms with Gasteiger partial charge >= 0.3 is 5.63 Å². The molecule has 0 unspecified atom stereocenters. The van der Waals surface area contributed by atoms with Gasteiger partial charge in [0.15, 0.2) is 5.69 Å². The maximum absolute atomic E-state index is 14.3. The van der Waals surface area contributed by atoms with Crippen LogP contribution in [0.5, 0.6) is 0 Å². The molecule has 0 spiro atoms. The first-order chi connectivity index (χ1) is 14.1. The van der Waals surface area contributed by atoms with Gasteiger partial charge in [-0.2, -0.15) is 5.10 Å². The zero-order chi connectivity index (χ0) is 20.0. The molecule has 2 heterocycles. The molecule has 2 aromatic heterocycles. The second-order valence-corrected chi connectivity index (χ2v) is 6.95. The summed E-state index contributed by atoms with van der Waals surface area (Å²) in [5.41, 5.74) is 2.95. The van der Waals surface area contributed by atoms with Crippen LogP contribution in [0.2, 0.25) is 0 Å². The van der Waals surface area contributed by atoms with Crippen LogP contribution >= 0.6 is 0 Å². The lowest BCUT2D eigenvalue weighted by Crippen LogP contribution is -2.15. The molecular formula is C22H16FN3O3. The molecule has 0 atom stereocenters. The highest BCUT2D eigenvalue weighted by Crippen LogP contribution is 2.29. The molecule has 144 valence electrons. The van der Waals surface area contributed by atoms with Crippen LogP contribution in [0, 0.1) is 5.82 Å². The Balaban J connectivity index is 1.51. The van der Waals surface area contributed by atoms with Crippen molar-refractivity contribution in [3.63, 3.8) is 0 Å². The van der Waals surface area contributed by atoms with Crippen molar-refractivity contribution < 1.29 is 13.6 Å². The molecule has 0 saturated heterocycles. The number of amides is 1. The molecule has 29 heavy (non-hydrogen) atoms. The standard InChI is InChI=1S/C22H16FN3O3/c23-16-5-1-2-6-18(16)26-17-7-3-4-15(17)21(25-26)22(28)24-14-9-10-19-13(12-14)8-11-20(27)29-19/h1-2,5-6,8-12H,3-4,7H2,(H,24,28). The SMILES string of the molecule is O=C(Nc1ccc2oc(=O)ccc2c1)c1nn(-c2ccccc2F)c2c1CCC2. The summed E-state index contributed by atoms with van der Waals surface area (Å²) in [6, 6.07) is 14.4. The van der Waals surface area contributed by atoms with Gasteiger partial charge in [-0.25, -0.2) is 13.9 Å². The maximum atomic E-state index is 14.3. The van der Waals surface area contributed by atoms with Gasteiger partial charge in [0, 0.05) is 28.4 Å². The number of rotatable bonds is 3. The van der Waals surface area contributed by atoms with E-state index in [1.165, 1.54) is 12.1 Å². The molecule has 6 nitrogen and oxygen atoms in total. The first kappa shape index (κ1) is 17.4. The van der Waals surface area contributed by atoms with E-state index in [1.54, 1.807) is 47.1 Å². The minimum atomic E-state index is -0.427. The average Bonchev–Trinajstić information content (AvgIpc) is 3.31. The molecule has 1 aliphatic rings. The predicted octanol–water partition coefficient (Wildman–Crippen LogP) is 3.86. The van der Waals surface area contributed by atoms with E-state index in [0.717, 1.165) is 30.5 Å². The fraction of sp³-hybridized carbons (Fsp3) is 0.136. The van der Waals surface area contributed by atoms with Gasteiger partial charge in [0.1, 0.15) is 17.1 Å². The number of nitrogens with zero attached hydrogens (tertiary/aromatic N) is 2. The predicted molar refractivity (Wildman–Crippen MR) is 106 cm³/mol. The Morgan fingerprint density at radius 2 is 1.97 bits per heavy atom. The molecule has 5 rings (SSSR count). The highest BCUT2D eigenvalue weighted by Gasteiger charge is 2.27. The third kappa shape index (κ3) is 3.00. The number of carbonyl (C=O) groups is 1. The fourth-order valence-corrected chi connectivity index (χ4v) is 3.78. The Morgan fingerprint density at radius 1 is 1.10 bits per heavy atom. The zero-order valence-corrected chi connectivity index (χ0v) is 15.3. The van der Waals surface area contributed by atoms with Crippen LogP contribution in [0.15, 0.2) is 63.8 Å². The van der Waals surface area contributed by atoms with Crippen molar-refractivity contribution in [2.45, 2.75) is 19.3 Å². The van der Waals surface area contributed by atoms with E-state index in [9.17, 15) is 14.0 Å². The molecule has 1 N–H and O–H groups in total. The Morgan fingerprint density at radius 3 is 2.83 bits per heavy atom. The summed E-state index contributed by atoms with van der Waals surface area (Å²) in [5, 5.41) is 7.98. The summed E-state index contributed by atoms with van der Waals surface area (Å²) in [4.78, 5) is 24.2. The number of fused-ring (bicyclic) bond motifs is 2. The number of hydrogen-bond acceptors (Lipinski definition) is 4. The smallest absolute Gasteiger partial charge is 0.336 e. The monoisotopic (exact) mass is 389 g/mol. The van der Waals surface area contributed by atoms with Crippen molar-refractivity contribution in [2.75, 3.05) is 5.32 Å². The van der Waals surface area contributed by atoms with E-state index in [2.05, 4.69) is 10.4 Å². The molecular weight excluding hydrogens is 373 g/mol. The summed E-state index contributed by atoms with van der Waals surface area (Å²) in [6.45, 7) is 0. The number of halogens is 1. The average molecular weight is 389 g/mol. The van der Waals surface area contributed by atoms with Gasteiger partial charge in [0.25, 0.3) is 5.91 Å². The van der Waals surface area contributed by atoms with Crippen LogP contribution in [0.4, 0.5) is 10.1 Å². The van der Waals surface area contributed by atoms with Crippen molar-refractivity contribution in [3.05, 3.63) is 87.8 Å². The molecule has 1 amide bonds. The Bertz CT molecular complexity index is 1320. The van der Waals surface area contributed by atoms with Gasteiger partial charge in [-0.1, -0.05) is 12.1 Å². The molecule has 0 bridgehead atoms. The van der Waals surface area contributed by atoms with Crippen LogP contribution in [0.25, 0.3) is 16.7 Å². The van der Waals surface area contributed by atoms with Crippen LogP contribution in [0.1, 0.15) is 28.2 Å². The first-order valence-corrected chi connectivity index (χ1v) is 9.31. The number of aromatic nitrogens is 2. The van der Waals surface area contributed by atoms with Gasteiger partial charge in [0.05, 0.1) is 0 Å². The summed E-state index contributed by atoms with van der Waals surface area (Å²) in [6.07, 6.45) is 2.38. The largest absolute Gasteiger partial charge is 0.423 e. The lowest BCUT2D eigenvalue weighted by molar-refractivity contribution is 0.102. The summed E-state index contributed by atoms with van der Waals surface area (Å²) >= 11 is 0. The third-order valence-corrected chi connectivity index (χ3v) is 5.10. The number of para-hydroxylation sites is 1. The number of hydrogen-bond donors (Lipinski definition) is 1. The van der Waals surface area contributed by atoms with Gasteiger partial charge in [-0.05, 0) is 55.7 Å². The van der Waals surface area contributed by atoms with Crippen LogP contribution < -0.4 is 10.9 Å². The highest BCUT2D eigenvalue weighted by atomic mass is 19.1. The van der Waals surface area contributed by atoms with Gasteiger partial charge in [-0.15, -0.1) is 0 Å². The number of carbonyl (C=O) groups excluding carboxylic acids is 1. The van der Waals surface area contributed by atoms with Gasteiger partial charge in [-0.3, -0.25) is 4.79 Å². The zero-order valence-electron chi connectivity index (χ0n) is 15.3. The molecule has 7 heteroatoms. The number of benzene rings is 2. The first-order valence-electron chi connectivity index (χ1n) is 9.31. The van der Waals surface area contributed by atoms with Gasteiger partial charge < -0.3 is 9.73 Å². The number of anilines is 1. The Hall–Kier alpha value is -3.74. The normalized spacial score (nSPS) is 12.9. The van der Waals surface area contributed by atoms with Gasteiger partial charge in [0.2, 0.25) is 0 Å².